The third-order valence-corrected chi connectivity index (χ3v) is 4.60. The van der Waals surface area contributed by atoms with E-state index in [1.165, 1.54) is 0 Å². The van der Waals surface area contributed by atoms with Crippen molar-refractivity contribution in [1.82, 2.24) is 4.90 Å². The maximum Gasteiger partial charge on any atom is 0.142 e. The molecule has 0 unspecified atom stereocenters. The van der Waals surface area contributed by atoms with Crippen molar-refractivity contribution in [2.24, 2.45) is 5.92 Å². The van der Waals surface area contributed by atoms with Crippen LogP contribution in [0, 0.1) is 5.92 Å². The molecule has 2 fully saturated rings. The van der Waals surface area contributed by atoms with Gasteiger partial charge in [-0.05, 0) is 25.5 Å². The molecule has 96 valence electrons. The predicted octanol–water partition coefficient (Wildman–Crippen LogP) is 1.77. The third-order valence-electron chi connectivity index (χ3n) is 4.60. The molecule has 2 aliphatic heterocycles. The predicted molar refractivity (Wildman–Crippen MR) is 69.1 cm³/mol. The molecule has 1 aromatic carbocycles. The number of carbonyl (C=O) groups is 1. The van der Waals surface area contributed by atoms with Crippen molar-refractivity contribution in [2.45, 2.75) is 37.5 Å². The lowest BCUT2D eigenvalue weighted by molar-refractivity contribution is -0.134. The second kappa shape index (κ2) is 4.48. The number of benzene rings is 1. The maximum atomic E-state index is 12.2. The summed E-state index contributed by atoms with van der Waals surface area (Å²) in [6, 6.07) is 10.2. The van der Waals surface area contributed by atoms with E-state index in [0.717, 1.165) is 18.4 Å². The Balaban J connectivity index is 1.89. The highest BCUT2D eigenvalue weighted by Gasteiger charge is 2.47. The fourth-order valence-electron chi connectivity index (χ4n) is 3.55. The lowest BCUT2D eigenvalue weighted by Crippen LogP contribution is -2.49. The molecule has 2 saturated heterocycles. The third kappa shape index (κ3) is 1.78. The van der Waals surface area contributed by atoms with E-state index in [-0.39, 0.29) is 17.7 Å². The Morgan fingerprint density at radius 3 is 2.72 bits per heavy atom. The lowest BCUT2D eigenvalue weighted by Gasteiger charge is -2.38. The molecule has 3 rings (SSSR count). The Kier molecular flexibility index (Phi) is 2.96. The van der Waals surface area contributed by atoms with Gasteiger partial charge in [0.2, 0.25) is 0 Å². The first kappa shape index (κ1) is 11.9. The molecular formula is C15H19NO2. The van der Waals surface area contributed by atoms with Gasteiger partial charge >= 0.3 is 0 Å². The smallest absolute Gasteiger partial charge is 0.142 e. The van der Waals surface area contributed by atoms with Crippen LogP contribution in [0.3, 0.4) is 0 Å². The number of carbonyl (C=O) groups excluding carboxylic acids is 1. The summed E-state index contributed by atoms with van der Waals surface area (Å²) in [5, 5.41) is 10.5. The molecule has 2 bridgehead atoms. The highest BCUT2D eigenvalue weighted by molar-refractivity contribution is 5.84. The van der Waals surface area contributed by atoms with Crippen LogP contribution in [-0.4, -0.2) is 34.9 Å². The number of rotatable bonds is 2. The first-order valence-electron chi connectivity index (χ1n) is 6.66. The van der Waals surface area contributed by atoms with Crippen LogP contribution in [0.2, 0.25) is 0 Å². The minimum Gasteiger partial charge on any atom is -0.388 e. The molecule has 18 heavy (non-hydrogen) atoms. The van der Waals surface area contributed by atoms with E-state index in [9.17, 15) is 9.90 Å². The van der Waals surface area contributed by atoms with Gasteiger partial charge in [-0.15, -0.1) is 0 Å². The van der Waals surface area contributed by atoms with Crippen molar-refractivity contribution in [3.63, 3.8) is 0 Å². The second-order valence-corrected chi connectivity index (χ2v) is 5.52. The van der Waals surface area contributed by atoms with Gasteiger partial charge in [-0.3, -0.25) is 9.69 Å². The lowest BCUT2D eigenvalue weighted by atomic mass is 9.82. The van der Waals surface area contributed by atoms with Gasteiger partial charge in [0, 0.05) is 18.5 Å². The summed E-state index contributed by atoms with van der Waals surface area (Å²) >= 11 is 0. The van der Waals surface area contributed by atoms with Gasteiger partial charge in [0.25, 0.3) is 0 Å². The highest BCUT2D eigenvalue weighted by Crippen LogP contribution is 2.41. The van der Waals surface area contributed by atoms with Crippen molar-refractivity contribution in [3.05, 3.63) is 35.9 Å². The van der Waals surface area contributed by atoms with Crippen LogP contribution in [-0.2, 0) is 4.79 Å². The van der Waals surface area contributed by atoms with E-state index in [4.69, 9.17) is 0 Å². The number of hydrogen-bond acceptors (Lipinski definition) is 3. The van der Waals surface area contributed by atoms with Crippen molar-refractivity contribution >= 4 is 5.78 Å². The summed E-state index contributed by atoms with van der Waals surface area (Å²) in [4.78, 5) is 14.5. The topological polar surface area (TPSA) is 40.5 Å². The molecule has 0 spiro atoms. The molecule has 1 aromatic rings. The summed E-state index contributed by atoms with van der Waals surface area (Å²) in [5.41, 5.74) is 0.856. The van der Waals surface area contributed by atoms with Crippen LogP contribution in [0.1, 0.15) is 30.9 Å². The van der Waals surface area contributed by atoms with Crippen molar-refractivity contribution in [3.8, 4) is 0 Å². The second-order valence-electron chi connectivity index (χ2n) is 5.52. The summed E-state index contributed by atoms with van der Waals surface area (Å²) in [5.74, 6) is -0.0203. The SMILES string of the molecule is CN1[C@H]2CC[C@@H]1[C@@H]([C@H](O)c1ccccc1)C(=O)C2. The highest BCUT2D eigenvalue weighted by atomic mass is 16.3. The average molecular weight is 245 g/mol. The van der Waals surface area contributed by atoms with Crippen LogP contribution < -0.4 is 0 Å². The van der Waals surface area contributed by atoms with Gasteiger partial charge in [0.1, 0.15) is 5.78 Å². The monoisotopic (exact) mass is 245 g/mol. The normalized spacial score (nSPS) is 33.7. The van der Waals surface area contributed by atoms with Gasteiger partial charge in [-0.2, -0.15) is 0 Å². The minimum atomic E-state index is -0.662. The summed E-state index contributed by atoms with van der Waals surface area (Å²) in [6.45, 7) is 0. The largest absolute Gasteiger partial charge is 0.388 e. The van der Waals surface area contributed by atoms with E-state index in [0.29, 0.717) is 12.5 Å². The van der Waals surface area contributed by atoms with Crippen molar-refractivity contribution < 1.29 is 9.90 Å². The zero-order valence-electron chi connectivity index (χ0n) is 10.6. The standard InChI is InChI=1S/C15H19NO2/c1-16-11-7-8-12(16)14(13(17)9-11)15(18)10-5-3-2-4-6-10/h2-6,11-12,14-15,18H,7-9H2,1H3/t11-,12+,14+,15+/m0/s1. The Bertz CT molecular complexity index is 445. The van der Waals surface area contributed by atoms with Gasteiger partial charge in [0.05, 0.1) is 12.0 Å². The van der Waals surface area contributed by atoms with Gasteiger partial charge < -0.3 is 5.11 Å². The molecule has 0 aliphatic carbocycles. The summed E-state index contributed by atoms with van der Waals surface area (Å²) in [6.07, 6.45) is 2.05. The number of Topliss-reactive ketones (excluding diaryl/α,β-unsaturated/α-hetero) is 1. The number of nitrogens with zero attached hydrogens (tertiary/aromatic N) is 1. The summed E-state index contributed by atoms with van der Waals surface area (Å²) in [7, 11) is 2.08. The van der Waals surface area contributed by atoms with Gasteiger partial charge in [-0.1, -0.05) is 30.3 Å². The quantitative estimate of drug-likeness (QED) is 0.863. The summed E-state index contributed by atoms with van der Waals surface area (Å²) < 4.78 is 0. The molecule has 1 N–H and O–H groups in total. The van der Waals surface area contributed by atoms with Crippen molar-refractivity contribution in [2.75, 3.05) is 7.05 Å². The van der Waals surface area contributed by atoms with Crippen LogP contribution in [0.15, 0.2) is 30.3 Å². The fourth-order valence-corrected chi connectivity index (χ4v) is 3.55. The van der Waals surface area contributed by atoms with Crippen LogP contribution >= 0.6 is 0 Å². The van der Waals surface area contributed by atoms with Crippen LogP contribution in [0.5, 0.6) is 0 Å². The van der Waals surface area contributed by atoms with Gasteiger partial charge in [0.15, 0.2) is 0 Å². The molecule has 3 heteroatoms. The molecule has 0 amide bonds. The zero-order chi connectivity index (χ0) is 12.7. The molecule has 0 saturated carbocycles. The first-order chi connectivity index (χ1) is 8.68. The fraction of sp³-hybridized carbons (Fsp3) is 0.533. The number of aliphatic hydroxyl groups excluding tert-OH is 1. The van der Waals surface area contributed by atoms with E-state index in [2.05, 4.69) is 11.9 Å². The van der Waals surface area contributed by atoms with E-state index >= 15 is 0 Å². The molecule has 0 radical (unpaired) electrons. The number of ketones is 1. The molecule has 0 aromatic heterocycles. The van der Waals surface area contributed by atoms with E-state index < -0.39 is 6.10 Å². The van der Waals surface area contributed by atoms with Crippen LogP contribution in [0.25, 0.3) is 0 Å². The van der Waals surface area contributed by atoms with E-state index in [1.54, 1.807) is 0 Å². The Morgan fingerprint density at radius 2 is 2.00 bits per heavy atom. The Morgan fingerprint density at radius 1 is 1.28 bits per heavy atom. The molecule has 3 nitrogen and oxygen atoms in total. The number of fused-ring (bicyclic) bond motifs is 2. The van der Waals surface area contributed by atoms with Crippen LogP contribution in [0.4, 0.5) is 0 Å². The molecule has 4 atom stereocenters. The van der Waals surface area contributed by atoms with Gasteiger partial charge in [-0.25, -0.2) is 0 Å². The molecular weight excluding hydrogens is 226 g/mol. The number of piperidine rings is 1. The minimum absolute atomic E-state index is 0.214. The molecule has 2 heterocycles. The Hall–Kier alpha value is -1.19. The number of hydrogen-bond donors (Lipinski definition) is 1. The molecule has 2 aliphatic rings. The average Bonchev–Trinajstić information content (AvgIpc) is 2.63. The number of aliphatic hydroxyl groups is 1. The van der Waals surface area contributed by atoms with Crippen molar-refractivity contribution in [1.29, 1.82) is 0 Å². The first-order valence-corrected chi connectivity index (χ1v) is 6.66. The maximum absolute atomic E-state index is 12.2. The van der Waals surface area contributed by atoms with E-state index in [1.807, 2.05) is 30.3 Å². The zero-order valence-corrected chi connectivity index (χ0v) is 10.6. The Labute approximate surface area is 107 Å².